The van der Waals surface area contributed by atoms with Crippen LogP contribution in [-0.2, 0) is 20.8 Å². The average Bonchev–Trinajstić information content (AvgIpc) is 2.57. The van der Waals surface area contributed by atoms with Crippen LogP contribution in [-0.4, -0.2) is 35.5 Å². The van der Waals surface area contributed by atoms with E-state index in [1.165, 1.54) is 0 Å². The zero-order valence-corrected chi connectivity index (χ0v) is 14.2. The van der Waals surface area contributed by atoms with Crippen LogP contribution < -0.4 is 10.6 Å². The number of unbranched alkanes of at least 4 members (excludes halogenated alkanes) is 1. The third kappa shape index (κ3) is 7.26. The smallest absolute Gasteiger partial charge is 0.326 e. The van der Waals surface area contributed by atoms with E-state index in [9.17, 15) is 19.5 Å². The quantitative estimate of drug-likeness (QED) is 0.607. The molecule has 2 atom stereocenters. The lowest BCUT2D eigenvalue weighted by Crippen LogP contribution is -2.47. The Morgan fingerprint density at radius 1 is 1.17 bits per heavy atom. The summed E-state index contributed by atoms with van der Waals surface area (Å²) in [5.41, 5.74) is 0.822. The van der Waals surface area contributed by atoms with Gasteiger partial charge in [0.25, 0.3) is 0 Å². The fourth-order valence-corrected chi connectivity index (χ4v) is 2.28. The van der Waals surface area contributed by atoms with Gasteiger partial charge in [0, 0.05) is 12.3 Å². The maximum absolute atomic E-state index is 11.9. The number of rotatable bonds is 10. The lowest BCUT2D eigenvalue weighted by Gasteiger charge is -2.16. The van der Waals surface area contributed by atoms with Crippen LogP contribution in [0.25, 0.3) is 0 Å². The zero-order valence-electron chi connectivity index (χ0n) is 14.2. The molecule has 0 unspecified atom stereocenters. The molecule has 1 rings (SSSR count). The van der Waals surface area contributed by atoms with E-state index in [2.05, 4.69) is 17.6 Å². The molecule has 0 aliphatic rings. The first-order valence-electron chi connectivity index (χ1n) is 8.27. The number of carbonyl (C=O) groups excluding carboxylic acids is 2. The summed E-state index contributed by atoms with van der Waals surface area (Å²) in [6.07, 6.45) is 2.94. The fourth-order valence-electron chi connectivity index (χ4n) is 2.28. The molecule has 0 saturated heterocycles. The monoisotopic (exact) mass is 334 g/mol. The van der Waals surface area contributed by atoms with Crippen molar-refractivity contribution in [2.45, 2.75) is 45.6 Å². The minimum Gasteiger partial charge on any atom is -0.480 e. The van der Waals surface area contributed by atoms with Crippen molar-refractivity contribution in [2.24, 2.45) is 5.92 Å². The van der Waals surface area contributed by atoms with Crippen molar-refractivity contribution in [3.63, 3.8) is 0 Å². The normalized spacial score (nSPS) is 12.9. The van der Waals surface area contributed by atoms with Gasteiger partial charge in [-0.25, -0.2) is 4.79 Å². The molecule has 132 valence electrons. The Kier molecular flexibility index (Phi) is 8.54. The van der Waals surface area contributed by atoms with Crippen LogP contribution in [0.3, 0.4) is 0 Å². The van der Waals surface area contributed by atoms with Crippen molar-refractivity contribution in [2.75, 3.05) is 6.54 Å². The molecule has 0 fully saturated rings. The molecule has 0 aromatic heterocycles. The molecule has 1 aromatic rings. The van der Waals surface area contributed by atoms with Crippen LogP contribution >= 0.6 is 0 Å². The van der Waals surface area contributed by atoms with Gasteiger partial charge in [0.15, 0.2) is 0 Å². The third-order valence-electron chi connectivity index (χ3n) is 3.78. The van der Waals surface area contributed by atoms with Crippen LogP contribution in [0.2, 0.25) is 0 Å². The number of benzene rings is 1. The van der Waals surface area contributed by atoms with Gasteiger partial charge in [-0.1, -0.05) is 57.0 Å². The van der Waals surface area contributed by atoms with Crippen LogP contribution in [0.1, 0.15) is 38.7 Å². The van der Waals surface area contributed by atoms with E-state index in [0.717, 1.165) is 24.8 Å². The summed E-state index contributed by atoms with van der Waals surface area (Å²) in [5, 5.41) is 14.2. The van der Waals surface area contributed by atoms with Crippen LogP contribution in [0.4, 0.5) is 0 Å². The summed E-state index contributed by atoms with van der Waals surface area (Å²) in [4.78, 5) is 35.1. The van der Waals surface area contributed by atoms with Gasteiger partial charge >= 0.3 is 5.97 Å². The third-order valence-corrected chi connectivity index (χ3v) is 3.78. The first kappa shape index (κ1) is 19.7. The molecule has 0 radical (unpaired) electrons. The van der Waals surface area contributed by atoms with Gasteiger partial charge in [0.1, 0.15) is 6.04 Å². The Labute approximate surface area is 142 Å². The highest BCUT2D eigenvalue weighted by Gasteiger charge is 2.21. The molecule has 24 heavy (non-hydrogen) atoms. The summed E-state index contributed by atoms with van der Waals surface area (Å²) in [7, 11) is 0. The van der Waals surface area contributed by atoms with Crippen molar-refractivity contribution in [3.05, 3.63) is 35.9 Å². The summed E-state index contributed by atoms with van der Waals surface area (Å²) >= 11 is 0. The Balaban J connectivity index is 2.45. The largest absolute Gasteiger partial charge is 0.480 e. The van der Waals surface area contributed by atoms with Crippen molar-refractivity contribution < 1.29 is 19.5 Å². The molecule has 2 amide bonds. The maximum Gasteiger partial charge on any atom is 0.326 e. The fraction of sp³-hybridized carbons (Fsp3) is 0.500. The molecule has 0 spiro atoms. The maximum atomic E-state index is 11.9. The lowest BCUT2D eigenvalue weighted by molar-refractivity contribution is -0.141. The first-order chi connectivity index (χ1) is 11.4. The zero-order chi connectivity index (χ0) is 17.9. The van der Waals surface area contributed by atoms with Gasteiger partial charge in [0.05, 0.1) is 6.54 Å². The van der Waals surface area contributed by atoms with Gasteiger partial charge in [0.2, 0.25) is 11.8 Å². The summed E-state index contributed by atoms with van der Waals surface area (Å²) in [6.45, 7) is 3.66. The molecular formula is C18H26N2O4. The van der Waals surface area contributed by atoms with Gasteiger partial charge in [-0.15, -0.1) is 0 Å². The number of carboxylic acid groups (broad SMARTS) is 1. The molecular weight excluding hydrogens is 308 g/mol. The topological polar surface area (TPSA) is 95.5 Å². The van der Waals surface area contributed by atoms with E-state index < -0.39 is 17.9 Å². The van der Waals surface area contributed by atoms with E-state index in [-0.39, 0.29) is 24.8 Å². The van der Waals surface area contributed by atoms with E-state index in [0.29, 0.717) is 0 Å². The van der Waals surface area contributed by atoms with Crippen LogP contribution in [0, 0.1) is 5.92 Å². The predicted molar refractivity (Wildman–Crippen MR) is 91.4 cm³/mol. The highest BCUT2D eigenvalue weighted by Crippen LogP contribution is 2.07. The highest BCUT2D eigenvalue weighted by molar-refractivity contribution is 5.88. The second-order valence-corrected chi connectivity index (χ2v) is 5.91. The molecule has 1 aromatic carbocycles. The molecule has 6 nitrogen and oxygen atoms in total. The summed E-state index contributed by atoms with van der Waals surface area (Å²) < 4.78 is 0. The molecule has 0 bridgehead atoms. The van der Waals surface area contributed by atoms with Crippen molar-refractivity contribution in [3.8, 4) is 0 Å². The van der Waals surface area contributed by atoms with Crippen LogP contribution in [0.5, 0.6) is 0 Å². The number of carboxylic acids is 1. The van der Waals surface area contributed by atoms with E-state index >= 15 is 0 Å². The van der Waals surface area contributed by atoms with Crippen molar-refractivity contribution in [1.82, 2.24) is 10.6 Å². The summed E-state index contributed by atoms with van der Waals surface area (Å²) in [5.74, 6) is -1.95. The Morgan fingerprint density at radius 3 is 2.42 bits per heavy atom. The number of amides is 2. The first-order valence-corrected chi connectivity index (χ1v) is 8.27. The minimum atomic E-state index is -1.10. The van der Waals surface area contributed by atoms with E-state index in [1.54, 1.807) is 12.1 Å². The predicted octanol–water partition coefficient (Wildman–Crippen LogP) is 1.74. The Hall–Kier alpha value is -2.37. The second kappa shape index (κ2) is 10.4. The van der Waals surface area contributed by atoms with E-state index in [4.69, 9.17) is 0 Å². The van der Waals surface area contributed by atoms with Gasteiger partial charge in [-0.05, 0) is 12.0 Å². The average molecular weight is 334 g/mol. The van der Waals surface area contributed by atoms with Gasteiger partial charge < -0.3 is 15.7 Å². The molecule has 0 aliphatic heterocycles. The van der Waals surface area contributed by atoms with Crippen molar-refractivity contribution in [1.29, 1.82) is 0 Å². The molecule has 0 aliphatic carbocycles. The number of hydrogen-bond donors (Lipinski definition) is 3. The van der Waals surface area contributed by atoms with Gasteiger partial charge in [-0.2, -0.15) is 0 Å². The minimum absolute atomic E-state index is 0.155. The summed E-state index contributed by atoms with van der Waals surface area (Å²) in [6, 6.07) is 8.06. The van der Waals surface area contributed by atoms with Gasteiger partial charge in [-0.3, -0.25) is 9.59 Å². The number of hydrogen-bond acceptors (Lipinski definition) is 3. The standard InChI is InChI=1S/C18H26N2O4/c1-3-4-8-13(2)17(22)19-12-16(21)20-15(18(23)24)11-14-9-6-5-7-10-14/h5-7,9-10,13,15H,3-4,8,11-12H2,1-2H3,(H,19,22)(H,20,21)(H,23,24)/t13-,15-/m0/s1. The second-order valence-electron chi connectivity index (χ2n) is 5.91. The molecule has 3 N–H and O–H groups in total. The SMILES string of the molecule is CCCC[C@H](C)C(=O)NCC(=O)N[C@@H](Cc1ccccc1)C(=O)O. The Morgan fingerprint density at radius 2 is 1.83 bits per heavy atom. The van der Waals surface area contributed by atoms with Crippen LogP contribution in [0.15, 0.2) is 30.3 Å². The lowest BCUT2D eigenvalue weighted by atomic mass is 10.0. The Bertz CT molecular complexity index is 545. The highest BCUT2D eigenvalue weighted by atomic mass is 16.4. The number of nitrogens with one attached hydrogen (secondary N) is 2. The molecule has 0 heterocycles. The number of carbonyl (C=O) groups is 3. The van der Waals surface area contributed by atoms with Crippen molar-refractivity contribution >= 4 is 17.8 Å². The molecule has 0 saturated carbocycles. The number of aliphatic carboxylic acids is 1. The van der Waals surface area contributed by atoms with E-state index in [1.807, 2.05) is 25.1 Å². The molecule has 6 heteroatoms.